The van der Waals surface area contributed by atoms with Gasteiger partial charge in [-0.15, -0.1) is 0 Å². The molecule has 0 aliphatic carbocycles. The predicted octanol–water partition coefficient (Wildman–Crippen LogP) is 2.92. The third-order valence-corrected chi connectivity index (χ3v) is 5.16. The molecule has 1 fully saturated rings. The highest BCUT2D eigenvalue weighted by atomic mass is 16.5. The van der Waals surface area contributed by atoms with Gasteiger partial charge in [0, 0.05) is 38.1 Å². The third kappa shape index (κ3) is 4.88. The molecule has 1 N–H and O–H groups in total. The minimum Gasteiger partial charge on any atom is -0.383 e. The van der Waals surface area contributed by atoms with Crippen LogP contribution in [-0.4, -0.2) is 49.8 Å². The summed E-state index contributed by atoms with van der Waals surface area (Å²) in [6.07, 6.45) is 6.07. The molecule has 0 unspecified atom stereocenters. The Kier molecular flexibility index (Phi) is 6.56. The summed E-state index contributed by atoms with van der Waals surface area (Å²) in [6.45, 7) is 2.87. The van der Waals surface area contributed by atoms with Gasteiger partial charge in [-0.05, 0) is 49.5 Å². The van der Waals surface area contributed by atoms with Crippen LogP contribution in [0.1, 0.15) is 23.6 Å². The molecule has 1 aliphatic rings. The summed E-state index contributed by atoms with van der Waals surface area (Å²) in [7, 11) is 4.00. The van der Waals surface area contributed by atoms with E-state index in [-0.39, 0.29) is 0 Å². The maximum Gasteiger partial charge on any atom is 0.0619 e. The first-order chi connectivity index (χ1) is 12.3. The normalized spacial score (nSPS) is 22.2. The van der Waals surface area contributed by atoms with Crippen molar-refractivity contribution in [3.05, 3.63) is 66.0 Å². The van der Waals surface area contributed by atoms with Crippen molar-refractivity contribution < 1.29 is 4.74 Å². The fourth-order valence-electron chi connectivity index (χ4n) is 3.93. The molecule has 4 nitrogen and oxygen atoms in total. The van der Waals surface area contributed by atoms with Crippen molar-refractivity contribution in [2.45, 2.75) is 24.9 Å². The van der Waals surface area contributed by atoms with Crippen molar-refractivity contribution in [1.82, 2.24) is 15.2 Å². The SMILES string of the molecule is COC[C@@H](Cc1ccccc1)NC[C@@H]1CCN(C)[C@H]1c1cccnc1. The van der Waals surface area contributed by atoms with E-state index in [0.717, 1.165) is 26.1 Å². The molecular formula is C21H29N3O. The van der Waals surface area contributed by atoms with Gasteiger partial charge in [-0.3, -0.25) is 9.88 Å². The van der Waals surface area contributed by atoms with Crippen molar-refractivity contribution in [3.63, 3.8) is 0 Å². The van der Waals surface area contributed by atoms with E-state index in [1.54, 1.807) is 7.11 Å². The lowest BCUT2D eigenvalue weighted by Gasteiger charge is -2.27. The Bertz CT molecular complexity index is 620. The summed E-state index contributed by atoms with van der Waals surface area (Å²) in [5.41, 5.74) is 2.67. The Morgan fingerprint density at radius 1 is 1.24 bits per heavy atom. The molecule has 2 aromatic rings. The van der Waals surface area contributed by atoms with Gasteiger partial charge in [-0.25, -0.2) is 0 Å². The lowest BCUT2D eigenvalue weighted by Crippen LogP contribution is -2.39. The van der Waals surface area contributed by atoms with Crippen molar-refractivity contribution in [2.75, 3.05) is 33.9 Å². The number of methoxy groups -OCH3 is 1. The molecule has 3 atom stereocenters. The van der Waals surface area contributed by atoms with Crippen LogP contribution < -0.4 is 5.32 Å². The number of ether oxygens (including phenoxy) is 1. The fourth-order valence-corrected chi connectivity index (χ4v) is 3.93. The van der Waals surface area contributed by atoms with Crippen LogP contribution in [0.25, 0.3) is 0 Å². The molecule has 3 rings (SSSR count). The van der Waals surface area contributed by atoms with E-state index in [1.807, 2.05) is 18.5 Å². The van der Waals surface area contributed by atoms with Crippen molar-refractivity contribution >= 4 is 0 Å². The first kappa shape index (κ1) is 18.1. The van der Waals surface area contributed by atoms with Crippen LogP contribution >= 0.6 is 0 Å². The molecule has 0 saturated carbocycles. The molecule has 1 aromatic carbocycles. The number of hydrogen-bond acceptors (Lipinski definition) is 4. The van der Waals surface area contributed by atoms with E-state index >= 15 is 0 Å². The number of hydrogen-bond donors (Lipinski definition) is 1. The van der Waals surface area contributed by atoms with Crippen LogP contribution in [0.5, 0.6) is 0 Å². The van der Waals surface area contributed by atoms with E-state index in [2.05, 4.69) is 58.6 Å². The van der Waals surface area contributed by atoms with E-state index in [9.17, 15) is 0 Å². The zero-order chi connectivity index (χ0) is 17.5. The van der Waals surface area contributed by atoms with Gasteiger partial charge in [-0.1, -0.05) is 36.4 Å². The molecule has 25 heavy (non-hydrogen) atoms. The Hall–Kier alpha value is -1.75. The molecule has 2 heterocycles. The monoisotopic (exact) mass is 339 g/mol. The highest BCUT2D eigenvalue weighted by Crippen LogP contribution is 2.35. The summed E-state index contributed by atoms with van der Waals surface area (Å²) < 4.78 is 5.44. The number of nitrogens with zero attached hydrogens (tertiary/aromatic N) is 2. The van der Waals surface area contributed by atoms with Crippen LogP contribution in [0, 0.1) is 5.92 Å². The Morgan fingerprint density at radius 3 is 2.80 bits per heavy atom. The highest BCUT2D eigenvalue weighted by molar-refractivity contribution is 5.18. The number of nitrogens with one attached hydrogen (secondary N) is 1. The largest absolute Gasteiger partial charge is 0.383 e. The van der Waals surface area contributed by atoms with E-state index in [1.165, 1.54) is 17.5 Å². The van der Waals surface area contributed by atoms with Crippen molar-refractivity contribution in [3.8, 4) is 0 Å². The molecular weight excluding hydrogens is 310 g/mol. The summed E-state index contributed by atoms with van der Waals surface area (Å²) in [6, 6.07) is 15.7. The zero-order valence-corrected chi connectivity index (χ0v) is 15.3. The summed E-state index contributed by atoms with van der Waals surface area (Å²) >= 11 is 0. The summed E-state index contributed by atoms with van der Waals surface area (Å²) in [4.78, 5) is 6.76. The molecule has 1 aliphatic heterocycles. The topological polar surface area (TPSA) is 37.4 Å². The Labute approximate surface area is 151 Å². The van der Waals surface area contributed by atoms with Gasteiger partial charge in [0.15, 0.2) is 0 Å². The zero-order valence-electron chi connectivity index (χ0n) is 15.3. The second-order valence-electron chi connectivity index (χ2n) is 7.01. The van der Waals surface area contributed by atoms with Crippen molar-refractivity contribution in [1.29, 1.82) is 0 Å². The first-order valence-corrected chi connectivity index (χ1v) is 9.14. The van der Waals surface area contributed by atoms with Gasteiger partial charge in [0.2, 0.25) is 0 Å². The second kappa shape index (κ2) is 9.09. The fraction of sp³-hybridized carbons (Fsp3) is 0.476. The van der Waals surface area contributed by atoms with Crippen LogP contribution in [0.4, 0.5) is 0 Å². The number of rotatable bonds is 8. The van der Waals surface area contributed by atoms with Gasteiger partial charge in [0.1, 0.15) is 0 Å². The average Bonchev–Trinajstić information content (AvgIpc) is 3.02. The van der Waals surface area contributed by atoms with Gasteiger partial charge in [0.05, 0.1) is 6.61 Å². The molecule has 0 radical (unpaired) electrons. The van der Waals surface area contributed by atoms with Crippen LogP contribution in [0.3, 0.4) is 0 Å². The van der Waals surface area contributed by atoms with Gasteiger partial charge >= 0.3 is 0 Å². The summed E-state index contributed by atoms with van der Waals surface area (Å²) in [5, 5.41) is 3.76. The standard InChI is InChI=1S/C21H29N3O/c1-24-12-10-19(21(24)18-9-6-11-22-14-18)15-23-20(16-25-2)13-17-7-4-3-5-8-17/h3-9,11,14,19-21,23H,10,12-13,15-16H2,1-2H3/t19-,20+,21-/m0/s1. The Morgan fingerprint density at radius 2 is 2.08 bits per heavy atom. The van der Waals surface area contributed by atoms with Gasteiger partial charge in [0.25, 0.3) is 0 Å². The molecule has 1 saturated heterocycles. The van der Waals surface area contributed by atoms with E-state index < -0.39 is 0 Å². The van der Waals surface area contributed by atoms with Gasteiger partial charge in [-0.2, -0.15) is 0 Å². The molecule has 1 aromatic heterocycles. The third-order valence-electron chi connectivity index (χ3n) is 5.16. The number of likely N-dealkylation sites (tertiary alicyclic amines) is 1. The van der Waals surface area contributed by atoms with Crippen LogP contribution in [0.2, 0.25) is 0 Å². The molecule has 0 amide bonds. The van der Waals surface area contributed by atoms with Crippen LogP contribution in [-0.2, 0) is 11.2 Å². The quantitative estimate of drug-likeness (QED) is 0.802. The number of benzene rings is 1. The molecule has 0 bridgehead atoms. The van der Waals surface area contributed by atoms with Crippen molar-refractivity contribution in [2.24, 2.45) is 5.92 Å². The minimum absolute atomic E-state index is 0.341. The second-order valence-corrected chi connectivity index (χ2v) is 7.01. The lowest BCUT2D eigenvalue weighted by atomic mass is 9.94. The van der Waals surface area contributed by atoms with Crippen LogP contribution in [0.15, 0.2) is 54.9 Å². The van der Waals surface area contributed by atoms with E-state index in [0.29, 0.717) is 18.0 Å². The maximum atomic E-state index is 5.44. The average molecular weight is 339 g/mol. The predicted molar refractivity (Wildman–Crippen MR) is 102 cm³/mol. The molecule has 0 spiro atoms. The highest BCUT2D eigenvalue weighted by Gasteiger charge is 2.33. The Balaban J connectivity index is 1.61. The summed E-state index contributed by atoms with van der Waals surface area (Å²) in [5.74, 6) is 0.601. The molecule has 134 valence electrons. The minimum atomic E-state index is 0.341. The van der Waals surface area contributed by atoms with E-state index in [4.69, 9.17) is 4.74 Å². The number of aromatic nitrogens is 1. The number of pyridine rings is 1. The first-order valence-electron chi connectivity index (χ1n) is 9.14. The van der Waals surface area contributed by atoms with Gasteiger partial charge < -0.3 is 10.1 Å². The maximum absolute atomic E-state index is 5.44. The smallest absolute Gasteiger partial charge is 0.0619 e. The molecule has 4 heteroatoms. The lowest BCUT2D eigenvalue weighted by molar-refractivity contribution is 0.161.